The molecule has 0 saturated heterocycles. The third kappa shape index (κ3) is 4.77. The summed E-state index contributed by atoms with van der Waals surface area (Å²) in [6, 6.07) is 9.13. The number of halogens is 1. The van der Waals surface area contributed by atoms with Crippen molar-refractivity contribution in [1.82, 2.24) is 20.0 Å². The lowest BCUT2D eigenvalue weighted by molar-refractivity contribution is 0.0729. The van der Waals surface area contributed by atoms with Gasteiger partial charge in [0.2, 0.25) is 5.75 Å². The Bertz CT molecular complexity index is 1230. The van der Waals surface area contributed by atoms with Gasteiger partial charge in [-0.05, 0) is 29.8 Å². The van der Waals surface area contributed by atoms with Gasteiger partial charge in [0.05, 0.1) is 27.9 Å². The molecule has 0 saturated carbocycles. The van der Waals surface area contributed by atoms with E-state index >= 15 is 0 Å². The number of hydrogen-bond donors (Lipinski definition) is 1. The van der Waals surface area contributed by atoms with Crippen LogP contribution in [0.15, 0.2) is 36.4 Å². The zero-order chi connectivity index (χ0) is 25.1. The summed E-state index contributed by atoms with van der Waals surface area (Å²) in [6.45, 7) is 0.940. The number of hydrogen-bond acceptors (Lipinski definition) is 6. The van der Waals surface area contributed by atoms with Crippen LogP contribution in [-0.4, -0.2) is 54.4 Å². The van der Waals surface area contributed by atoms with E-state index in [-0.39, 0.29) is 36.4 Å². The summed E-state index contributed by atoms with van der Waals surface area (Å²) in [4.78, 5) is 28.0. The summed E-state index contributed by atoms with van der Waals surface area (Å²) in [5.41, 5.74) is 3.03. The summed E-state index contributed by atoms with van der Waals surface area (Å²) in [7, 11) is 6.27. The van der Waals surface area contributed by atoms with Crippen molar-refractivity contribution in [3.05, 3.63) is 70.3 Å². The monoisotopic (exact) mass is 482 g/mol. The van der Waals surface area contributed by atoms with Crippen molar-refractivity contribution < 1.29 is 28.2 Å². The van der Waals surface area contributed by atoms with Gasteiger partial charge in [-0.25, -0.2) is 4.39 Å². The van der Waals surface area contributed by atoms with E-state index in [1.165, 1.54) is 33.5 Å². The summed E-state index contributed by atoms with van der Waals surface area (Å²) >= 11 is 0. The lowest BCUT2D eigenvalue weighted by Gasteiger charge is -2.28. The van der Waals surface area contributed by atoms with Crippen LogP contribution in [0, 0.1) is 5.82 Å². The fourth-order valence-electron chi connectivity index (χ4n) is 4.20. The topological polar surface area (TPSA) is 94.9 Å². The number of amides is 2. The van der Waals surface area contributed by atoms with E-state index in [1.807, 2.05) is 0 Å². The van der Waals surface area contributed by atoms with E-state index < -0.39 is 0 Å². The summed E-state index contributed by atoms with van der Waals surface area (Å²) in [6.07, 6.45) is 0.556. The quantitative estimate of drug-likeness (QED) is 0.557. The third-order valence-corrected chi connectivity index (χ3v) is 6.02. The van der Waals surface area contributed by atoms with Crippen LogP contribution < -0.4 is 19.5 Å². The molecule has 3 aromatic rings. The van der Waals surface area contributed by atoms with Gasteiger partial charge in [0, 0.05) is 43.4 Å². The number of nitrogens with zero attached hydrogens (tertiary/aromatic N) is 3. The minimum Gasteiger partial charge on any atom is -0.493 e. The van der Waals surface area contributed by atoms with Crippen LogP contribution in [-0.2, 0) is 26.6 Å². The fourth-order valence-corrected chi connectivity index (χ4v) is 4.20. The normalized spacial score (nSPS) is 12.7. The van der Waals surface area contributed by atoms with Crippen molar-refractivity contribution in [3.63, 3.8) is 0 Å². The third-order valence-electron chi connectivity index (χ3n) is 6.02. The number of rotatable bonds is 7. The Morgan fingerprint density at radius 2 is 1.71 bits per heavy atom. The standard InChI is InChI=1S/C25H27FN4O5/c1-29-19-9-10-30(25(32)16-11-20(33-2)23(35-4)21(12-16)34-3)14-18(19)22(28-29)24(31)27-13-15-5-7-17(26)8-6-15/h5-8,11-12H,9-10,13-14H2,1-4H3,(H,27,31). The van der Waals surface area contributed by atoms with Gasteiger partial charge in [-0.3, -0.25) is 14.3 Å². The average Bonchev–Trinajstić information content (AvgIpc) is 3.22. The molecule has 0 spiro atoms. The summed E-state index contributed by atoms with van der Waals surface area (Å²) in [5.74, 6) is 0.255. The van der Waals surface area contributed by atoms with Crippen molar-refractivity contribution in [2.24, 2.45) is 7.05 Å². The largest absolute Gasteiger partial charge is 0.493 e. The number of aromatic nitrogens is 2. The van der Waals surface area contributed by atoms with Crippen LogP contribution in [0.2, 0.25) is 0 Å². The molecule has 1 aromatic heterocycles. The molecule has 0 fully saturated rings. The second kappa shape index (κ2) is 10.0. The molecule has 4 rings (SSSR count). The number of methoxy groups -OCH3 is 3. The van der Waals surface area contributed by atoms with Crippen molar-refractivity contribution in [1.29, 1.82) is 0 Å². The highest BCUT2D eigenvalue weighted by atomic mass is 19.1. The molecular formula is C25H27FN4O5. The molecule has 10 heteroatoms. The Kier molecular flexibility index (Phi) is 6.90. The van der Waals surface area contributed by atoms with Crippen LogP contribution in [0.3, 0.4) is 0 Å². The number of ether oxygens (including phenoxy) is 3. The van der Waals surface area contributed by atoms with Gasteiger partial charge in [-0.1, -0.05) is 12.1 Å². The lowest BCUT2D eigenvalue weighted by Crippen LogP contribution is -2.37. The first-order valence-electron chi connectivity index (χ1n) is 11.0. The molecule has 0 atom stereocenters. The predicted octanol–water partition coefficient (Wildman–Crippen LogP) is 2.71. The van der Waals surface area contributed by atoms with Gasteiger partial charge in [0.25, 0.3) is 11.8 Å². The van der Waals surface area contributed by atoms with Crippen molar-refractivity contribution in [2.75, 3.05) is 27.9 Å². The predicted molar refractivity (Wildman–Crippen MR) is 125 cm³/mol. The summed E-state index contributed by atoms with van der Waals surface area (Å²) in [5, 5.41) is 7.24. The van der Waals surface area contributed by atoms with Crippen molar-refractivity contribution in [2.45, 2.75) is 19.5 Å². The summed E-state index contributed by atoms with van der Waals surface area (Å²) < 4.78 is 30.9. The van der Waals surface area contributed by atoms with E-state index in [1.54, 1.807) is 40.9 Å². The molecule has 2 heterocycles. The smallest absolute Gasteiger partial charge is 0.272 e. The molecule has 0 radical (unpaired) electrons. The van der Waals surface area contributed by atoms with Crippen LogP contribution in [0.4, 0.5) is 4.39 Å². The number of nitrogens with one attached hydrogen (secondary N) is 1. The Balaban J connectivity index is 1.55. The molecule has 0 unspecified atom stereocenters. The first kappa shape index (κ1) is 24.1. The highest BCUT2D eigenvalue weighted by Crippen LogP contribution is 2.38. The SMILES string of the molecule is COc1cc(C(=O)N2CCc3c(c(C(=O)NCc4ccc(F)cc4)nn3C)C2)cc(OC)c1OC. The first-order valence-corrected chi connectivity index (χ1v) is 11.0. The van der Waals surface area contributed by atoms with E-state index in [4.69, 9.17) is 14.2 Å². The van der Waals surface area contributed by atoms with Crippen LogP contribution in [0.1, 0.15) is 37.7 Å². The van der Waals surface area contributed by atoms with Gasteiger partial charge in [0.15, 0.2) is 17.2 Å². The second-order valence-corrected chi connectivity index (χ2v) is 8.10. The van der Waals surface area contributed by atoms with E-state index in [0.29, 0.717) is 41.3 Å². The lowest BCUT2D eigenvalue weighted by atomic mass is 10.0. The van der Waals surface area contributed by atoms with Gasteiger partial charge in [0.1, 0.15) is 5.82 Å². The van der Waals surface area contributed by atoms with Gasteiger partial charge in [-0.2, -0.15) is 5.10 Å². The molecule has 2 aromatic carbocycles. The van der Waals surface area contributed by atoms with E-state index in [2.05, 4.69) is 10.4 Å². The molecule has 1 aliphatic rings. The number of carbonyl (C=O) groups excluding carboxylic acids is 2. The maximum absolute atomic E-state index is 13.4. The van der Waals surface area contributed by atoms with Gasteiger partial charge < -0.3 is 24.4 Å². The highest BCUT2D eigenvalue weighted by Gasteiger charge is 2.30. The fraction of sp³-hybridized carbons (Fsp3) is 0.320. The van der Waals surface area contributed by atoms with Crippen LogP contribution in [0.5, 0.6) is 17.2 Å². The average molecular weight is 483 g/mol. The minimum absolute atomic E-state index is 0.226. The highest BCUT2D eigenvalue weighted by molar-refractivity contribution is 5.97. The zero-order valence-electron chi connectivity index (χ0n) is 20.1. The maximum Gasteiger partial charge on any atom is 0.272 e. The molecule has 0 bridgehead atoms. The molecule has 1 N–H and O–H groups in total. The first-order chi connectivity index (χ1) is 16.9. The van der Waals surface area contributed by atoms with Crippen LogP contribution in [0.25, 0.3) is 0 Å². The van der Waals surface area contributed by atoms with E-state index in [0.717, 1.165) is 11.3 Å². The molecule has 184 valence electrons. The molecule has 1 aliphatic heterocycles. The van der Waals surface area contributed by atoms with Gasteiger partial charge in [-0.15, -0.1) is 0 Å². The Morgan fingerprint density at radius 1 is 1.06 bits per heavy atom. The molecular weight excluding hydrogens is 455 g/mol. The number of carbonyl (C=O) groups is 2. The molecule has 35 heavy (non-hydrogen) atoms. The van der Waals surface area contributed by atoms with E-state index in [9.17, 15) is 14.0 Å². The van der Waals surface area contributed by atoms with Gasteiger partial charge >= 0.3 is 0 Å². The molecule has 9 nitrogen and oxygen atoms in total. The molecule has 0 aliphatic carbocycles. The minimum atomic E-state index is -0.353. The number of benzene rings is 2. The van der Waals surface area contributed by atoms with Crippen molar-refractivity contribution in [3.8, 4) is 17.2 Å². The number of aryl methyl sites for hydroxylation is 1. The zero-order valence-corrected chi connectivity index (χ0v) is 20.1. The Hall–Kier alpha value is -4.08. The Morgan fingerprint density at radius 3 is 2.31 bits per heavy atom. The maximum atomic E-state index is 13.4. The van der Waals surface area contributed by atoms with Crippen molar-refractivity contribution >= 4 is 11.8 Å². The Labute approximate surface area is 202 Å². The number of fused-ring (bicyclic) bond motifs is 1. The second-order valence-electron chi connectivity index (χ2n) is 8.10. The molecule has 2 amide bonds. The van der Waals surface area contributed by atoms with Crippen LogP contribution >= 0.6 is 0 Å².